The maximum atomic E-state index is 13.0. The summed E-state index contributed by atoms with van der Waals surface area (Å²) < 4.78 is 0. The average Bonchev–Trinajstić information content (AvgIpc) is 3.23. The molecule has 1 N–H and O–H groups in total. The minimum Gasteiger partial charge on any atom is -0.340 e. The van der Waals surface area contributed by atoms with Gasteiger partial charge in [0.15, 0.2) is 5.82 Å². The van der Waals surface area contributed by atoms with Gasteiger partial charge in [0.05, 0.1) is 11.7 Å². The molecule has 1 fully saturated rings. The molecular weight excluding hydrogens is 374 g/mol. The Kier molecular flexibility index (Phi) is 5.48. The number of carbonyl (C=O) groups excluding carboxylic acids is 1. The summed E-state index contributed by atoms with van der Waals surface area (Å²) in [4.78, 5) is 28.8. The summed E-state index contributed by atoms with van der Waals surface area (Å²) in [5.74, 6) is 1.53. The topological polar surface area (TPSA) is 71.0 Å². The zero-order valence-electron chi connectivity index (χ0n) is 17.7. The van der Waals surface area contributed by atoms with Crippen molar-refractivity contribution in [2.75, 3.05) is 11.9 Å². The van der Waals surface area contributed by atoms with Gasteiger partial charge in [-0.3, -0.25) is 9.78 Å². The van der Waals surface area contributed by atoms with Crippen LogP contribution in [-0.4, -0.2) is 32.3 Å². The van der Waals surface area contributed by atoms with Crippen LogP contribution in [0.25, 0.3) is 11.3 Å². The molecule has 1 atom stereocenters. The molecule has 1 amide bonds. The molecule has 0 radical (unpaired) electrons. The zero-order chi connectivity index (χ0) is 21.1. The van der Waals surface area contributed by atoms with Crippen LogP contribution in [0, 0.1) is 5.41 Å². The number of benzene rings is 1. The number of pyridine rings is 1. The number of nitrogens with one attached hydrogen (secondary N) is 1. The van der Waals surface area contributed by atoms with E-state index in [0.29, 0.717) is 11.6 Å². The van der Waals surface area contributed by atoms with E-state index in [1.165, 1.54) is 0 Å². The molecule has 0 aliphatic carbocycles. The van der Waals surface area contributed by atoms with Gasteiger partial charge in [-0.1, -0.05) is 39.0 Å². The van der Waals surface area contributed by atoms with Gasteiger partial charge in [-0.2, -0.15) is 0 Å². The van der Waals surface area contributed by atoms with Crippen LogP contribution in [0.1, 0.15) is 45.5 Å². The Morgan fingerprint density at radius 3 is 2.50 bits per heavy atom. The lowest BCUT2D eigenvalue weighted by Gasteiger charge is -2.30. The van der Waals surface area contributed by atoms with Gasteiger partial charge in [-0.15, -0.1) is 0 Å². The molecule has 4 rings (SSSR count). The second-order valence-electron chi connectivity index (χ2n) is 8.63. The van der Waals surface area contributed by atoms with Gasteiger partial charge >= 0.3 is 0 Å². The maximum absolute atomic E-state index is 13.0. The Labute approximate surface area is 177 Å². The predicted octanol–water partition coefficient (Wildman–Crippen LogP) is 4.99. The molecule has 154 valence electrons. The monoisotopic (exact) mass is 401 g/mol. The smallest absolute Gasteiger partial charge is 0.228 e. The minimum absolute atomic E-state index is 0.116. The van der Waals surface area contributed by atoms with Crippen molar-refractivity contribution < 1.29 is 4.79 Å². The van der Waals surface area contributed by atoms with Crippen molar-refractivity contribution in [3.8, 4) is 11.3 Å². The van der Waals surface area contributed by atoms with Crippen LogP contribution in [0.3, 0.4) is 0 Å². The lowest BCUT2D eigenvalue weighted by atomic mass is 9.94. The fourth-order valence-corrected chi connectivity index (χ4v) is 3.73. The molecule has 0 spiro atoms. The number of rotatable bonds is 4. The highest BCUT2D eigenvalue weighted by molar-refractivity contribution is 5.82. The molecule has 6 heteroatoms. The van der Waals surface area contributed by atoms with E-state index in [9.17, 15) is 4.79 Å². The molecule has 3 aromatic rings. The molecular formula is C24H27N5O. The SMILES string of the molecule is CC(C)(C)C(=O)N1CCCC1c1nc(Nc2ccccc2)cc(-c2ccncc2)n1. The van der Waals surface area contributed by atoms with Gasteiger partial charge < -0.3 is 10.2 Å². The van der Waals surface area contributed by atoms with Crippen LogP contribution in [0.2, 0.25) is 0 Å². The van der Waals surface area contributed by atoms with Gasteiger partial charge in [-0.05, 0) is 37.1 Å². The highest BCUT2D eigenvalue weighted by Gasteiger charge is 2.37. The minimum atomic E-state index is -0.434. The van der Waals surface area contributed by atoms with Gasteiger partial charge in [0.2, 0.25) is 5.91 Å². The van der Waals surface area contributed by atoms with E-state index in [2.05, 4.69) is 10.3 Å². The number of likely N-dealkylation sites (tertiary alicyclic amines) is 1. The molecule has 1 saturated heterocycles. The first-order chi connectivity index (χ1) is 14.4. The first kappa shape index (κ1) is 20.0. The number of amides is 1. The fraction of sp³-hybridized carbons (Fsp3) is 0.333. The first-order valence-corrected chi connectivity index (χ1v) is 10.3. The molecule has 3 heterocycles. The number of hydrogen-bond acceptors (Lipinski definition) is 5. The van der Waals surface area contributed by atoms with Crippen LogP contribution in [0.5, 0.6) is 0 Å². The van der Waals surface area contributed by atoms with Crippen molar-refractivity contribution in [1.29, 1.82) is 0 Å². The van der Waals surface area contributed by atoms with E-state index in [1.54, 1.807) is 12.4 Å². The highest BCUT2D eigenvalue weighted by Crippen LogP contribution is 2.35. The largest absolute Gasteiger partial charge is 0.340 e. The lowest BCUT2D eigenvalue weighted by molar-refractivity contribution is -0.140. The van der Waals surface area contributed by atoms with Gasteiger partial charge in [0.1, 0.15) is 5.82 Å². The van der Waals surface area contributed by atoms with Crippen molar-refractivity contribution in [2.24, 2.45) is 5.41 Å². The Bertz CT molecular complexity index is 1010. The Hall–Kier alpha value is -3.28. The number of carbonyl (C=O) groups is 1. The number of anilines is 2. The van der Waals surface area contributed by atoms with Crippen molar-refractivity contribution in [3.63, 3.8) is 0 Å². The lowest BCUT2D eigenvalue weighted by Crippen LogP contribution is -2.39. The summed E-state index contributed by atoms with van der Waals surface area (Å²) in [6.07, 6.45) is 5.34. The van der Waals surface area contributed by atoms with Crippen molar-refractivity contribution in [1.82, 2.24) is 19.9 Å². The molecule has 1 unspecified atom stereocenters. The predicted molar refractivity (Wildman–Crippen MR) is 118 cm³/mol. The molecule has 30 heavy (non-hydrogen) atoms. The number of para-hydroxylation sites is 1. The average molecular weight is 402 g/mol. The highest BCUT2D eigenvalue weighted by atomic mass is 16.2. The molecule has 0 saturated carbocycles. The summed E-state index contributed by atoms with van der Waals surface area (Å²) in [6, 6.07) is 15.6. The van der Waals surface area contributed by atoms with Crippen LogP contribution in [0.15, 0.2) is 60.9 Å². The van der Waals surface area contributed by atoms with Crippen molar-refractivity contribution in [3.05, 3.63) is 66.7 Å². The third kappa shape index (κ3) is 4.32. The fourth-order valence-electron chi connectivity index (χ4n) is 3.73. The Morgan fingerprint density at radius 2 is 1.80 bits per heavy atom. The normalized spacial score (nSPS) is 16.5. The number of nitrogens with zero attached hydrogens (tertiary/aromatic N) is 4. The van der Waals surface area contributed by atoms with E-state index in [1.807, 2.05) is 74.2 Å². The van der Waals surface area contributed by atoms with E-state index in [4.69, 9.17) is 9.97 Å². The van der Waals surface area contributed by atoms with Crippen LogP contribution < -0.4 is 5.32 Å². The van der Waals surface area contributed by atoms with Crippen molar-refractivity contribution in [2.45, 2.75) is 39.7 Å². The summed E-state index contributed by atoms with van der Waals surface area (Å²) in [6.45, 7) is 6.62. The summed E-state index contributed by atoms with van der Waals surface area (Å²) >= 11 is 0. The Balaban J connectivity index is 1.75. The van der Waals surface area contributed by atoms with E-state index < -0.39 is 5.41 Å². The molecule has 1 aliphatic heterocycles. The molecule has 1 aliphatic rings. The van der Waals surface area contributed by atoms with Crippen LogP contribution in [-0.2, 0) is 4.79 Å². The summed E-state index contributed by atoms with van der Waals surface area (Å²) in [5.41, 5.74) is 2.31. The maximum Gasteiger partial charge on any atom is 0.228 e. The number of aromatic nitrogens is 3. The first-order valence-electron chi connectivity index (χ1n) is 10.3. The third-order valence-corrected chi connectivity index (χ3v) is 5.22. The third-order valence-electron chi connectivity index (χ3n) is 5.22. The summed E-state index contributed by atoms with van der Waals surface area (Å²) in [7, 11) is 0. The van der Waals surface area contributed by atoms with E-state index in [-0.39, 0.29) is 11.9 Å². The van der Waals surface area contributed by atoms with Crippen molar-refractivity contribution >= 4 is 17.4 Å². The van der Waals surface area contributed by atoms with Gasteiger partial charge in [-0.25, -0.2) is 9.97 Å². The summed E-state index contributed by atoms with van der Waals surface area (Å²) in [5, 5.41) is 3.38. The molecule has 6 nitrogen and oxygen atoms in total. The second kappa shape index (κ2) is 8.22. The zero-order valence-corrected chi connectivity index (χ0v) is 17.7. The van der Waals surface area contributed by atoms with Gasteiger partial charge in [0.25, 0.3) is 0 Å². The van der Waals surface area contributed by atoms with E-state index >= 15 is 0 Å². The Morgan fingerprint density at radius 1 is 1.07 bits per heavy atom. The molecule has 2 aromatic heterocycles. The standard InChI is InChI=1S/C24H27N5O/c1-24(2,3)23(30)29-15-7-10-20(29)22-27-19(17-11-13-25-14-12-17)16-21(28-22)26-18-8-5-4-6-9-18/h4-6,8-9,11-14,16,20H,7,10,15H2,1-3H3,(H,26,27,28). The molecule has 1 aromatic carbocycles. The van der Waals surface area contributed by atoms with Crippen LogP contribution in [0.4, 0.5) is 11.5 Å². The van der Waals surface area contributed by atoms with Gasteiger partial charge in [0, 0.05) is 41.7 Å². The molecule has 0 bridgehead atoms. The second-order valence-corrected chi connectivity index (χ2v) is 8.63. The van der Waals surface area contributed by atoms with E-state index in [0.717, 1.165) is 36.3 Å². The quantitative estimate of drug-likeness (QED) is 0.667. The number of hydrogen-bond donors (Lipinski definition) is 1. The van der Waals surface area contributed by atoms with Crippen LogP contribution >= 0.6 is 0 Å².